The lowest BCUT2D eigenvalue weighted by Crippen LogP contribution is -2.28. The molecule has 0 fully saturated rings. The SMILES string of the molecule is CC1(C)c2ccccc2-c2ccc(N(c3ccc(-c4ccc5c(c4)C(c4ccccc4)(c4ccccc4)c4ccccc4-5)cc3)c3cccc(-c4ccccc4)c3)cc21. The van der Waals surface area contributed by atoms with Crippen molar-refractivity contribution >= 4 is 17.1 Å². The van der Waals surface area contributed by atoms with Crippen molar-refractivity contribution in [1.29, 1.82) is 0 Å². The van der Waals surface area contributed by atoms with E-state index in [1.54, 1.807) is 0 Å². The molecule has 11 rings (SSSR count). The van der Waals surface area contributed by atoms with Crippen LogP contribution >= 0.6 is 0 Å². The van der Waals surface area contributed by atoms with Crippen LogP contribution in [0.2, 0.25) is 0 Å². The summed E-state index contributed by atoms with van der Waals surface area (Å²) >= 11 is 0. The van der Waals surface area contributed by atoms with Gasteiger partial charge in [0.15, 0.2) is 0 Å². The number of anilines is 3. The van der Waals surface area contributed by atoms with Crippen molar-refractivity contribution in [2.45, 2.75) is 24.7 Å². The lowest BCUT2D eigenvalue weighted by molar-refractivity contribution is 0.660. The molecular formula is C58H43N. The molecule has 0 amide bonds. The number of benzene rings is 9. The third-order valence-electron chi connectivity index (χ3n) is 13.0. The van der Waals surface area contributed by atoms with Gasteiger partial charge < -0.3 is 4.90 Å². The quantitative estimate of drug-likeness (QED) is 0.157. The molecular weight excluding hydrogens is 711 g/mol. The number of hydrogen-bond acceptors (Lipinski definition) is 1. The van der Waals surface area contributed by atoms with E-state index in [9.17, 15) is 0 Å². The van der Waals surface area contributed by atoms with Crippen molar-refractivity contribution in [3.63, 3.8) is 0 Å². The van der Waals surface area contributed by atoms with E-state index in [1.165, 1.54) is 77.9 Å². The second kappa shape index (κ2) is 13.7. The van der Waals surface area contributed by atoms with E-state index >= 15 is 0 Å². The van der Waals surface area contributed by atoms with Crippen LogP contribution in [0.15, 0.2) is 224 Å². The second-order valence-electron chi connectivity index (χ2n) is 16.5. The molecule has 0 unspecified atom stereocenters. The van der Waals surface area contributed by atoms with E-state index in [0.717, 1.165) is 17.1 Å². The summed E-state index contributed by atoms with van der Waals surface area (Å²) in [4.78, 5) is 2.42. The Morgan fingerprint density at radius 1 is 0.288 bits per heavy atom. The Labute approximate surface area is 347 Å². The molecule has 0 heterocycles. The molecule has 59 heavy (non-hydrogen) atoms. The van der Waals surface area contributed by atoms with Crippen molar-refractivity contribution in [3.8, 4) is 44.5 Å². The first-order valence-electron chi connectivity index (χ1n) is 20.7. The van der Waals surface area contributed by atoms with Crippen molar-refractivity contribution in [3.05, 3.63) is 258 Å². The molecule has 0 N–H and O–H groups in total. The number of rotatable bonds is 7. The summed E-state index contributed by atoms with van der Waals surface area (Å²) in [5.41, 5.74) is 20.8. The molecule has 0 aliphatic heterocycles. The highest BCUT2D eigenvalue weighted by molar-refractivity contribution is 5.90. The van der Waals surface area contributed by atoms with Gasteiger partial charge in [-0.25, -0.2) is 0 Å². The highest BCUT2D eigenvalue weighted by Crippen LogP contribution is 2.57. The van der Waals surface area contributed by atoms with Crippen molar-refractivity contribution < 1.29 is 0 Å². The van der Waals surface area contributed by atoms with Crippen LogP contribution < -0.4 is 4.90 Å². The summed E-state index contributed by atoms with van der Waals surface area (Å²) in [5.74, 6) is 0. The standard InChI is InChI=1S/C58H43N/c1-57(2)53-27-14-12-25-49(53)51-36-34-48(39-55(51)57)59(47-24-16-19-42(37-47)40-17-6-3-7-18-40)46-32-29-41(30-33-46)43-31-35-52-50-26-13-15-28-54(50)58(56(52)38-43,44-20-8-4-9-21-44)45-22-10-5-11-23-45/h3-39H,1-2H3. The maximum absolute atomic E-state index is 2.45. The Bertz CT molecular complexity index is 2960. The topological polar surface area (TPSA) is 3.24 Å². The van der Waals surface area contributed by atoms with Crippen LogP contribution in [0.1, 0.15) is 47.2 Å². The lowest BCUT2D eigenvalue weighted by atomic mass is 9.67. The zero-order chi connectivity index (χ0) is 39.6. The van der Waals surface area contributed by atoms with Gasteiger partial charge in [0.2, 0.25) is 0 Å². The van der Waals surface area contributed by atoms with Gasteiger partial charge in [0.25, 0.3) is 0 Å². The van der Waals surface area contributed by atoms with E-state index in [-0.39, 0.29) is 5.41 Å². The minimum atomic E-state index is -0.439. The molecule has 0 radical (unpaired) electrons. The highest BCUT2D eigenvalue weighted by atomic mass is 15.1. The molecule has 280 valence electrons. The average molecular weight is 754 g/mol. The van der Waals surface area contributed by atoms with Crippen LogP contribution in [0.3, 0.4) is 0 Å². The van der Waals surface area contributed by atoms with Crippen LogP contribution in [0.25, 0.3) is 44.5 Å². The summed E-state index contributed by atoms with van der Waals surface area (Å²) in [7, 11) is 0. The Morgan fingerprint density at radius 3 is 1.44 bits per heavy atom. The van der Waals surface area contributed by atoms with E-state index < -0.39 is 5.41 Å². The Kier molecular flexibility index (Phi) is 8.13. The van der Waals surface area contributed by atoms with Gasteiger partial charge in [-0.2, -0.15) is 0 Å². The molecule has 0 saturated carbocycles. The van der Waals surface area contributed by atoms with E-state index in [0.29, 0.717) is 0 Å². The number of nitrogens with zero attached hydrogens (tertiary/aromatic N) is 1. The fourth-order valence-corrected chi connectivity index (χ4v) is 10.2. The maximum atomic E-state index is 2.45. The van der Waals surface area contributed by atoms with E-state index in [2.05, 4.69) is 243 Å². The van der Waals surface area contributed by atoms with Gasteiger partial charge in [-0.1, -0.05) is 196 Å². The number of hydrogen-bond donors (Lipinski definition) is 0. The lowest BCUT2D eigenvalue weighted by Gasteiger charge is -2.34. The summed E-state index contributed by atoms with van der Waals surface area (Å²) in [6.07, 6.45) is 0. The molecule has 1 heteroatoms. The van der Waals surface area contributed by atoms with Gasteiger partial charge in [0.05, 0.1) is 5.41 Å². The van der Waals surface area contributed by atoms with Crippen LogP contribution in [0, 0.1) is 0 Å². The highest BCUT2D eigenvalue weighted by Gasteiger charge is 2.46. The van der Waals surface area contributed by atoms with Crippen molar-refractivity contribution in [2.24, 2.45) is 0 Å². The molecule has 9 aromatic rings. The first kappa shape index (κ1) is 35.0. The second-order valence-corrected chi connectivity index (χ2v) is 16.5. The smallest absolute Gasteiger partial charge is 0.0713 e. The Morgan fingerprint density at radius 2 is 0.746 bits per heavy atom. The van der Waals surface area contributed by atoms with Crippen LogP contribution in [0.4, 0.5) is 17.1 Å². The van der Waals surface area contributed by atoms with E-state index in [4.69, 9.17) is 0 Å². The van der Waals surface area contributed by atoms with Gasteiger partial charge in [0, 0.05) is 22.5 Å². The van der Waals surface area contributed by atoms with Crippen LogP contribution in [-0.4, -0.2) is 0 Å². The fourth-order valence-electron chi connectivity index (χ4n) is 10.2. The zero-order valence-corrected chi connectivity index (χ0v) is 33.3. The monoisotopic (exact) mass is 753 g/mol. The molecule has 0 atom stereocenters. The Balaban J connectivity index is 1.05. The van der Waals surface area contributed by atoms with Gasteiger partial charge in [0.1, 0.15) is 0 Å². The molecule has 2 aliphatic rings. The first-order valence-corrected chi connectivity index (χ1v) is 20.7. The van der Waals surface area contributed by atoms with Gasteiger partial charge >= 0.3 is 0 Å². The predicted octanol–water partition coefficient (Wildman–Crippen LogP) is 15.2. The average Bonchev–Trinajstić information content (AvgIpc) is 3.73. The summed E-state index contributed by atoms with van der Waals surface area (Å²) in [5, 5.41) is 0. The summed E-state index contributed by atoms with van der Waals surface area (Å²) in [6, 6.07) is 82.9. The van der Waals surface area contributed by atoms with Crippen LogP contribution in [-0.2, 0) is 10.8 Å². The minimum absolute atomic E-state index is 0.106. The summed E-state index contributed by atoms with van der Waals surface area (Å²) in [6.45, 7) is 4.71. The van der Waals surface area contributed by atoms with Crippen molar-refractivity contribution in [2.75, 3.05) is 4.90 Å². The number of fused-ring (bicyclic) bond motifs is 6. The van der Waals surface area contributed by atoms with Crippen LogP contribution in [0.5, 0.6) is 0 Å². The molecule has 0 aromatic heterocycles. The fraction of sp³-hybridized carbons (Fsp3) is 0.0690. The van der Waals surface area contributed by atoms with Gasteiger partial charge in [-0.15, -0.1) is 0 Å². The third kappa shape index (κ3) is 5.46. The van der Waals surface area contributed by atoms with Crippen molar-refractivity contribution in [1.82, 2.24) is 0 Å². The third-order valence-corrected chi connectivity index (χ3v) is 13.0. The normalized spacial score (nSPS) is 13.9. The Hall–Kier alpha value is -7.22. The summed E-state index contributed by atoms with van der Waals surface area (Å²) < 4.78 is 0. The first-order chi connectivity index (χ1) is 29.0. The molecule has 9 aromatic carbocycles. The molecule has 0 saturated heterocycles. The minimum Gasteiger partial charge on any atom is -0.310 e. The van der Waals surface area contributed by atoms with Gasteiger partial charge in [-0.3, -0.25) is 0 Å². The largest absolute Gasteiger partial charge is 0.310 e. The zero-order valence-electron chi connectivity index (χ0n) is 33.3. The molecule has 1 nitrogen and oxygen atoms in total. The molecule has 0 bridgehead atoms. The maximum Gasteiger partial charge on any atom is 0.0713 e. The van der Waals surface area contributed by atoms with E-state index in [1.807, 2.05) is 0 Å². The molecule has 0 spiro atoms. The van der Waals surface area contributed by atoms with Gasteiger partial charge in [-0.05, 0) is 120 Å². The predicted molar refractivity (Wildman–Crippen MR) is 247 cm³/mol. The molecule has 2 aliphatic carbocycles.